The maximum atomic E-state index is 12.6. The fourth-order valence-electron chi connectivity index (χ4n) is 3.18. The molecule has 1 aromatic rings. The molecule has 0 aromatic heterocycles. The van der Waals surface area contributed by atoms with Crippen LogP contribution in [0.3, 0.4) is 0 Å². The minimum Gasteiger partial charge on any atom is -0.494 e. The van der Waals surface area contributed by atoms with Gasteiger partial charge in [-0.05, 0) is 49.4 Å². The first-order valence-corrected chi connectivity index (χ1v) is 8.98. The third-order valence-electron chi connectivity index (χ3n) is 4.44. The fourth-order valence-corrected chi connectivity index (χ4v) is 3.18. The molecule has 7 heteroatoms. The molecule has 1 atom stereocenters. The van der Waals surface area contributed by atoms with Crippen molar-refractivity contribution in [1.29, 1.82) is 0 Å². The van der Waals surface area contributed by atoms with Gasteiger partial charge in [-0.25, -0.2) is 0 Å². The van der Waals surface area contributed by atoms with E-state index in [1.807, 2.05) is 0 Å². The van der Waals surface area contributed by atoms with Crippen LogP contribution in [0.1, 0.15) is 45.4 Å². The van der Waals surface area contributed by atoms with E-state index in [1.165, 1.54) is 6.92 Å². The van der Waals surface area contributed by atoms with Crippen LogP contribution in [0.2, 0.25) is 0 Å². The number of aliphatic carboxylic acids is 1. The van der Waals surface area contributed by atoms with Crippen LogP contribution in [0.5, 0.6) is 5.75 Å². The molecule has 1 aromatic carbocycles. The lowest BCUT2D eigenvalue weighted by molar-refractivity contribution is -0.137. The summed E-state index contributed by atoms with van der Waals surface area (Å²) in [6.45, 7) is 1.75. The minimum absolute atomic E-state index is 0.0693. The molecule has 2 rings (SSSR count). The normalized spacial score (nSPS) is 15.3. The van der Waals surface area contributed by atoms with E-state index in [9.17, 15) is 14.4 Å². The van der Waals surface area contributed by atoms with Gasteiger partial charge in [0.05, 0.1) is 6.61 Å². The number of carbonyl (C=O) groups excluding carboxylic acids is 2. The third kappa shape index (κ3) is 6.38. The molecule has 0 spiro atoms. The molecular formula is C19H26N2O5. The van der Waals surface area contributed by atoms with Crippen LogP contribution in [0, 0.1) is 5.92 Å². The number of amides is 2. The number of carboxylic acids is 1. The number of hydrogen-bond acceptors (Lipinski definition) is 4. The second-order valence-electron chi connectivity index (χ2n) is 6.58. The maximum Gasteiger partial charge on any atom is 0.303 e. The van der Waals surface area contributed by atoms with Gasteiger partial charge in [-0.3, -0.25) is 14.4 Å². The number of hydrogen-bond donors (Lipinski definition) is 3. The summed E-state index contributed by atoms with van der Waals surface area (Å²) >= 11 is 0. The van der Waals surface area contributed by atoms with Crippen LogP contribution in [0.25, 0.3) is 0 Å². The molecule has 2 amide bonds. The van der Waals surface area contributed by atoms with Gasteiger partial charge in [0.2, 0.25) is 11.8 Å². The predicted molar refractivity (Wildman–Crippen MR) is 97.0 cm³/mol. The lowest BCUT2D eigenvalue weighted by Crippen LogP contribution is -2.47. The first kappa shape index (κ1) is 19.8. The van der Waals surface area contributed by atoms with Crippen molar-refractivity contribution in [1.82, 2.24) is 5.32 Å². The highest BCUT2D eigenvalue weighted by Gasteiger charge is 2.31. The summed E-state index contributed by atoms with van der Waals surface area (Å²) in [5.41, 5.74) is 0.626. The highest BCUT2D eigenvalue weighted by atomic mass is 16.5. The SMILES string of the molecule is CC(=O)NC(C(=O)Nc1ccc(OCCCC(=O)O)cc1)C1CCCC1. The van der Waals surface area contributed by atoms with E-state index in [0.717, 1.165) is 25.7 Å². The van der Waals surface area contributed by atoms with Gasteiger partial charge in [0.25, 0.3) is 0 Å². The third-order valence-corrected chi connectivity index (χ3v) is 4.44. The zero-order valence-electron chi connectivity index (χ0n) is 15.0. The summed E-state index contributed by atoms with van der Waals surface area (Å²) in [6.07, 6.45) is 4.57. The summed E-state index contributed by atoms with van der Waals surface area (Å²) in [4.78, 5) is 34.5. The van der Waals surface area contributed by atoms with Gasteiger partial charge in [0, 0.05) is 19.0 Å². The highest BCUT2D eigenvalue weighted by Crippen LogP contribution is 2.28. The van der Waals surface area contributed by atoms with Crippen molar-refractivity contribution < 1.29 is 24.2 Å². The van der Waals surface area contributed by atoms with E-state index in [-0.39, 0.29) is 24.2 Å². The second-order valence-corrected chi connectivity index (χ2v) is 6.58. The average molecular weight is 362 g/mol. The zero-order valence-corrected chi connectivity index (χ0v) is 15.0. The molecule has 1 saturated carbocycles. The molecule has 0 heterocycles. The Kier molecular flexibility index (Phi) is 7.44. The number of nitrogens with one attached hydrogen (secondary N) is 2. The number of ether oxygens (including phenoxy) is 1. The quantitative estimate of drug-likeness (QED) is 0.586. The van der Waals surface area contributed by atoms with E-state index in [0.29, 0.717) is 24.5 Å². The molecular weight excluding hydrogens is 336 g/mol. The van der Waals surface area contributed by atoms with Gasteiger partial charge in [0.15, 0.2) is 0 Å². The summed E-state index contributed by atoms with van der Waals surface area (Å²) in [5.74, 6) is -0.467. The summed E-state index contributed by atoms with van der Waals surface area (Å²) in [5, 5.41) is 14.2. The Hall–Kier alpha value is -2.57. The van der Waals surface area contributed by atoms with Gasteiger partial charge in [-0.2, -0.15) is 0 Å². The van der Waals surface area contributed by atoms with Crippen LogP contribution in [0.15, 0.2) is 24.3 Å². The average Bonchev–Trinajstić information content (AvgIpc) is 3.12. The molecule has 26 heavy (non-hydrogen) atoms. The van der Waals surface area contributed by atoms with Gasteiger partial charge in [0.1, 0.15) is 11.8 Å². The number of anilines is 1. The minimum atomic E-state index is -0.845. The number of benzene rings is 1. The number of rotatable bonds is 9. The Morgan fingerprint density at radius 2 is 1.85 bits per heavy atom. The predicted octanol–water partition coefficient (Wildman–Crippen LogP) is 2.56. The number of carboxylic acid groups (broad SMARTS) is 1. The van der Waals surface area contributed by atoms with Crippen LogP contribution in [-0.4, -0.2) is 35.5 Å². The molecule has 0 saturated heterocycles. The molecule has 0 radical (unpaired) electrons. The van der Waals surface area contributed by atoms with Gasteiger partial charge in [-0.15, -0.1) is 0 Å². The molecule has 1 aliphatic rings. The molecule has 142 valence electrons. The molecule has 7 nitrogen and oxygen atoms in total. The van der Waals surface area contributed by atoms with Gasteiger partial charge in [-0.1, -0.05) is 12.8 Å². The molecule has 0 aliphatic heterocycles. The van der Waals surface area contributed by atoms with Crippen molar-refractivity contribution >= 4 is 23.5 Å². The van der Waals surface area contributed by atoms with Crippen molar-refractivity contribution in [3.05, 3.63) is 24.3 Å². The van der Waals surface area contributed by atoms with Crippen LogP contribution >= 0.6 is 0 Å². The molecule has 3 N–H and O–H groups in total. The van der Waals surface area contributed by atoms with E-state index in [4.69, 9.17) is 9.84 Å². The lowest BCUT2D eigenvalue weighted by Gasteiger charge is -2.23. The summed E-state index contributed by atoms with van der Waals surface area (Å²) in [6, 6.07) is 6.38. The van der Waals surface area contributed by atoms with E-state index in [1.54, 1.807) is 24.3 Å². The van der Waals surface area contributed by atoms with Crippen molar-refractivity contribution in [2.75, 3.05) is 11.9 Å². The van der Waals surface area contributed by atoms with Crippen molar-refractivity contribution in [3.8, 4) is 5.75 Å². The Bertz CT molecular complexity index is 623. The molecule has 0 bridgehead atoms. The van der Waals surface area contributed by atoms with E-state index >= 15 is 0 Å². The Morgan fingerprint density at radius 1 is 1.19 bits per heavy atom. The Morgan fingerprint density at radius 3 is 2.42 bits per heavy atom. The van der Waals surface area contributed by atoms with Crippen LogP contribution < -0.4 is 15.4 Å². The highest BCUT2D eigenvalue weighted by molar-refractivity contribution is 5.97. The van der Waals surface area contributed by atoms with Crippen molar-refractivity contribution in [2.24, 2.45) is 5.92 Å². The first-order valence-electron chi connectivity index (χ1n) is 8.98. The van der Waals surface area contributed by atoms with Crippen LogP contribution in [-0.2, 0) is 14.4 Å². The lowest BCUT2D eigenvalue weighted by atomic mass is 9.97. The van der Waals surface area contributed by atoms with Gasteiger partial charge < -0.3 is 20.5 Å². The largest absolute Gasteiger partial charge is 0.494 e. The van der Waals surface area contributed by atoms with Crippen molar-refractivity contribution in [3.63, 3.8) is 0 Å². The van der Waals surface area contributed by atoms with Gasteiger partial charge >= 0.3 is 5.97 Å². The zero-order chi connectivity index (χ0) is 18.9. The second kappa shape index (κ2) is 9.79. The van der Waals surface area contributed by atoms with E-state index in [2.05, 4.69) is 10.6 Å². The van der Waals surface area contributed by atoms with Crippen LogP contribution in [0.4, 0.5) is 5.69 Å². The van der Waals surface area contributed by atoms with Crippen molar-refractivity contribution in [2.45, 2.75) is 51.5 Å². The molecule has 1 aliphatic carbocycles. The molecule has 1 unspecified atom stereocenters. The number of carbonyl (C=O) groups is 3. The standard InChI is InChI=1S/C19H26N2O5/c1-13(22)20-18(14-5-2-3-6-14)19(25)21-15-8-10-16(11-9-15)26-12-4-7-17(23)24/h8-11,14,18H,2-7,12H2,1H3,(H,20,22)(H,21,25)(H,23,24). The Labute approximate surface area is 153 Å². The summed E-state index contributed by atoms with van der Waals surface area (Å²) < 4.78 is 5.46. The smallest absolute Gasteiger partial charge is 0.303 e. The first-order chi connectivity index (χ1) is 12.5. The van der Waals surface area contributed by atoms with E-state index < -0.39 is 12.0 Å². The Balaban J connectivity index is 1.88. The summed E-state index contributed by atoms with van der Waals surface area (Å²) in [7, 11) is 0. The monoisotopic (exact) mass is 362 g/mol. The maximum absolute atomic E-state index is 12.6. The molecule has 1 fully saturated rings. The fraction of sp³-hybridized carbons (Fsp3) is 0.526. The topological polar surface area (TPSA) is 105 Å².